The fraction of sp³-hybridized carbons (Fsp3) is 0.0476. The summed E-state index contributed by atoms with van der Waals surface area (Å²) in [6.07, 6.45) is 5.30. The molecule has 2 heterocycles. The average molecular weight is 463 g/mol. The van der Waals surface area contributed by atoms with Crippen LogP contribution in [0.5, 0.6) is 0 Å². The summed E-state index contributed by atoms with van der Waals surface area (Å²) >= 11 is 19.9. The standard InChI is InChI=1S/C21H14Cl3N3OS/c22-14-1-5-16(6-2-14)27(17-7-3-15(23)4-8-17)21(28)20-19(24)11-18(29-20)12-26-10-9-25-13-26/h1-11,13H,12H2. The highest BCUT2D eigenvalue weighted by Gasteiger charge is 2.24. The lowest BCUT2D eigenvalue weighted by atomic mass is 10.2. The highest BCUT2D eigenvalue weighted by atomic mass is 35.5. The zero-order valence-corrected chi connectivity index (χ0v) is 18.0. The maximum atomic E-state index is 13.5. The summed E-state index contributed by atoms with van der Waals surface area (Å²) < 4.78 is 1.92. The molecular formula is C21H14Cl3N3OS. The van der Waals surface area contributed by atoms with Crippen molar-refractivity contribution in [1.29, 1.82) is 0 Å². The second-order valence-corrected chi connectivity index (χ2v) is 8.64. The third-order valence-electron chi connectivity index (χ3n) is 4.20. The van der Waals surface area contributed by atoms with Gasteiger partial charge in [0.1, 0.15) is 4.88 Å². The zero-order chi connectivity index (χ0) is 20.4. The van der Waals surface area contributed by atoms with E-state index in [4.69, 9.17) is 34.8 Å². The molecule has 0 spiro atoms. The minimum Gasteiger partial charge on any atom is -0.332 e. The molecular weight excluding hydrogens is 449 g/mol. The lowest BCUT2D eigenvalue weighted by molar-refractivity contribution is 0.100. The highest BCUT2D eigenvalue weighted by molar-refractivity contribution is 7.14. The molecule has 2 aromatic heterocycles. The zero-order valence-electron chi connectivity index (χ0n) is 14.9. The first-order valence-corrected chi connectivity index (χ1v) is 10.6. The summed E-state index contributed by atoms with van der Waals surface area (Å²) in [6, 6.07) is 16.0. The molecule has 8 heteroatoms. The number of anilines is 2. The first-order valence-electron chi connectivity index (χ1n) is 8.61. The summed E-state index contributed by atoms with van der Waals surface area (Å²) in [5, 5.41) is 1.60. The van der Waals surface area contributed by atoms with Crippen LogP contribution < -0.4 is 4.90 Å². The second kappa shape index (κ2) is 8.59. The number of hydrogen-bond donors (Lipinski definition) is 0. The molecule has 4 aromatic rings. The molecule has 0 saturated carbocycles. The fourth-order valence-corrected chi connectivity index (χ4v) is 4.50. The Labute approximate surface area is 186 Å². The summed E-state index contributed by atoms with van der Waals surface area (Å²) in [6.45, 7) is 0.597. The molecule has 0 unspecified atom stereocenters. The molecule has 0 aliphatic heterocycles. The van der Waals surface area contributed by atoms with E-state index in [2.05, 4.69) is 4.98 Å². The van der Waals surface area contributed by atoms with E-state index < -0.39 is 0 Å². The predicted molar refractivity (Wildman–Crippen MR) is 120 cm³/mol. The van der Waals surface area contributed by atoms with Crippen LogP contribution in [-0.2, 0) is 6.54 Å². The van der Waals surface area contributed by atoms with Crippen LogP contribution in [0.25, 0.3) is 0 Å². The second-order valence-electron chi connectivity index (χ2n) is 6.22. The van der Waals surface area contributed by atoms with E-state index in [0.717, 1.165) is 4.88 Å². The van der Waals surface area contributed by atoms with E-state index in [0.29, 0.717) is 37.9 Å². The number of halogens is 3. The van der Waals surface area contributed by atoms with Crippen molar-refractivity contribution in [1.82, 2.24) is 9.55 Å². The Balaban J connectivity index is 1.72. The number of nitrogens with zero attached hydrogens (tertiary/aromatic N) is 3. The minimum absolute atomic E-state index is 0.221. The van der Waals surface area contributed by atoms with Crippen LogP contribution in [0.4, 0.5) is 11.4 Å². The predicted octanol–water partition coefficient (Wildman–Crippen LogP) is 6.93. The number of hydrogen-bond acceptors (Lipinski definition) is 3. The van der Waals surface area contributed by atoms with Gasteiger partial charge in [0.05, 0.1) is 17.9 Å². The fourth-order valence-electron chi connectivity index (χ4n) is 2.87. The van der Waals surface area contributed by atoms with E-state index in [9.17, 15) is 4.79 Å². The summed E-state index contributed by atoms with van der Waals surface area (Å²) in [5.41, 5.74) is 1.37. The molecule has 0 aliphatic rings. The molecule has 0 fully saturated rings. The van der Waals surface area contributed by atoms with Crippen molar-refractivity contribution in [3.8, 4) is 0 Å². The topological polar surface area (TPSA) is 38.1 Å². The van der Waals surface area contributed by atoms with Gasteiger partial charge < -0.3 is 4.57 Å². The smallest absolute Gasteiger partial charge is 0.274 e. The van der Waals surface area contributed by atoms with Gasteiger partial charge >= 0.3 is 0 Å². The van der Waals surface area contributed by atoms with Gasteiger partial charge in [-0.05, 0) is 54.6 Å². The van der Waals surface area contributed by atoms with Crippen molar-refractivity contribution in [2.75, 3.05) is 4.90 Å². The van der Waals surface area contributed by atoms with E-state index in [-0.39, 0.29) is 5.91 Å². The Morgan fingerprint density at radius 2 is 1.55 bits per heavy atom. The van der Waals surface area contributed by atoms with Crippen LogP contribution >= 0.6 is 46.1 Å². The first-order chi connectivity index (χ1) is 14.0. The maximum absolute atomic E-state index is 13.5. The van der Waals surface area contributed by atoms with Crippen molar-refractivity contribution < 1.29 is 4.79 Å². The van der Waals surface area contributed by atoms with Gasteiger partial charge in [0.15, 0.2) is 0 Å². The number of benzene rings is 2. The lowest BCUT2D eigenvalue weighted by Crippen LogP contribution is -2.25. The van der Waals surface area contributed by atoms with Crippen LogP contribution in [0, 0.1) is 0 Å². The first kappa shape index (κ1) is 20.0. The molecule has 4 rings (SSSR count). The van der Waals surface area contributed by atoms with Crippen molar-refractivity contribution in [3.63, 3.8) is 0 Å². The lowest BCUT2D eigenvalue weighted by Gasteiger charge is -2.23. The Morgan fingerprint density at radius 3 is 2.07 bits per heavy atom. The Bertz CT molecular complexity index is 1080. The minimum atomic E-state index is -0.221. The van der Waals surface area contributed by atoms with Gasteiger partial charge in [-0.1, -0.05) is 34.8 Å². The third-order valence-corrected chi connectivity index (χ3v) is 6.22. The Morgan fingerprint density at radius 1 is 0.966 bits per heavy atom. The number of aromatic nitrogens is 2. The molecule has 0 radical (unpaired) electrons. The van der Waals surface area contributed by atoms with E-state index in [1.165, 1.54) is 11.3 Å². The molecule has 0 bridgehead atoms. The van der Waals surface area contributed by atoms with Gasteiger partial charge in [-0.25, -0.2) is 4.98 Å². The molecule has 2 aromatic carbocycles. The summed E-state index contributed by atoms with van der Waals surface area (Å²) in [7, 11) is 0. The Hall–Kier alpha value is -2.31. The number of amides is 1. The molecule has 0 aliphatic carbocycles. The molecule has 0 atom stereocenters. The van der Waals surface area contributed by atoms with Gasteiger partial charge in [-0.15, -0.1) is 11.3 Å². The van der Waals surface area contributed by atoms with Gasteiger partial charge in [-0.2, -0.15) is 0 Å². The van der Waals surface area contributed by atoms with Crippen molar-refractivity contribution in [2.24, 2.45) is 0 Å². The summed E-state index contributed by atoms with van der Waals surface area (Å²) in [5.74, 6) is -0.221. The Kier molecular flexibility index (Phi) is 5.92. The maximum Gasteiger partial charge on any atom is 0.274 e. The number of rotatable bonds is 5. The van der Waals surface area contributed by atoms with Crippen molar-refractivity contribution >= 4 is 63.4 Å². The normalized spacial score (nSPS) is 10.9. The van der Waals surface area contributed by atoms with Crippen LogP contribution in [0.3, 0.4) is 0 Å². The van der Waals surface area contributed by atoms with Crippen LogP contribution in [-0.4, -0.2) is 15.5 Å². The number of carbonyl (C=O) groups is 1. The van der Waals surface area contributed by atoms with Crippen molar-refractivity contribution in [2.45, 2.75) is 6.54 Å². The highest BCUT2D eigenvalue weighted by Crippen LogP contribution is 2.35. The van der Waals surface area contributed by atoms with Gasteiger partial charge in [0.25, 0.3) is 5.91 Å². The van der Waals surface area contributed by atoms with Crippen LogP contribution in [0.1, 0.15) is 14.5 Å². The van der Waals surface area contributed by atoms with Crippen molar-refractivity contribution in [3.05, 3.63) is 98.1 Å². The molecule has 0 saturated heterocycles. The van der Waals surface area contributed by atoms with E-state index >= 15 is 0 Å². The number of carbonyl (C=O) groups excluding carboxylic acids is 1. The number of imidazole rings is 1. The van der Waals surface area contributed by atoms with Gasteiger partial charge in [0.2, 0.25) is 0 Å². The van der Waals surface area contributed by atoms with E-state index in [1.54, 1.807) is 66.0 Å². The SMILES string of the molecule is O=C(c1sc(Cn2ccnc2)cc1Cl)N(c1ccc(Cl)cc1)c1ccc(Cl)cc1. The van der Waals surface area contributed by atoms with Gasteiger partial charge in [0, 0.05) is 38.7 Å². The molecule has 29 heavy (non-hydrogen) atoms. The van der Waals surface area contributed by atoms with E-state index in [1.807, 2.05) is 16.8 Å². The largest absolute Gasteiger partial charge is 0.332 e. The van der Waals surface area contributed by atoms with Crippen LogP contribution in [0.2, 0.25) is 15.1 Å². The summed E-state index contributed by atoms with van der Waals surface area (Å²) in [4.78, 5) is 20.6. The quantitative estimate of drug-likeness (QED) is 0.322. The van der Waals surface area contributed by atoms with Crippen LogP contribution in [0.15, 0.2) is 73.3 Å². The third kappa shape index (κ3) is 4.49. The molecule has 1 amide bonds. The molecule has 146 valence electrons. The molecule has 4 nitrogen and oxygen atoms in total. The van der Waals surface area contributed by atoms with Gasteiger partial charge in [-0.3, -0.25) is 9.69 Å². The molecule has 0 N–H and O–H groups in total. The average Bonchev–Trinajstić information content (AvgIpc) is 3.34. The number of thiophene rings is 1. The monoisotopic (exact) mass is 461 g/mol.